The van der Waals surface area contributed by atoms with Gasteiger partial charge in [-0.25, -0.2) is 4.79 Å². The molecule has 1 aromatic heterocycles. The Balaban J connectivity index is 2.53. The minimum atomic E-state index is -0.871. The predicted molar refractivity (Wildman–Crippen MR) is 94.8 cm³/mol. The molecule has 1 N–H and O–H groups in total. The maximum Gasteiger partial charge on any atom is 0.328 e. The SMILES string of the molecule is CCn1nc(C(=O)NC(C(=O)OC)C(C)C)c(=O)c2cc(Cl)ccc21. The molecular weight excluding hydrogens is 346 g/mol. The van der Waals surface area contributed by atoms with Crippen LogP contribution in [0.4, 0.5) is 0 Å². The average Bonchev–Trinajstić information content (AvgIpc) is 2.59. The number of aryl methyl sites for hydroxylation is 1. The summed E-state index contributed by atoms with van der Waals surface area (Å²) in [5.74, 6) is -1.51. The Kier molecular flexibility index (Phi) is 5.79. The Labute approximate surface area is 149 Å². The molecule has 7 nitrogen and oxygen atoms in total. The predicted octanol–water partition coefficient (Wildman–Crippen LogP) is 2.00. The van der Waals surface area contributed by atoms with E-state index in [1.165, 1.54) is 13.2 Å². The molecule has 0 aliphatic carbocycles. The lowest BCUT2D eigenvalue weighted by Gasteiger charge is -2.19. The quantitative estimate of drug-likeness (QED) is 0.818. The van der Waals surface area contributed by atoms with Gasteiger partial charge >= 0.3 is 5.97 Å². The number of benzene rings is 1. The van der Waals surface area contributed by atoms with Gasteiger partial charge in [-0.3, -0.25) is 14.3 Å². The van der Waals surface area contributed by atoms with E-state index in [0.717, 1.165) is 0 Å². The second-order valence-corrected chi connectivity index (χ2v) is 6.31. The van der Waals surface area contributed by atoms with Crippen LogP contribution in [0.25, 0.3) is 10.9 Å². The van der Waals surface area contributed by atoms with Crippen LogP contribution >= 0.6 is 11.6 Å². The molecule has 1 amide bonds. The summed E-state index contributed by atoms with van der Waals surface area (Å²) in [6.45, 7) is 5.83. The normalized spacial score (nSPS) is 12.2. The summed E-state index contributed by atoms with van der Waals surface area (Å²) < 4.78 is 6.24. The van der Waals surface area contributed by atoms with Crippen LogP contribution in [-0.2, 0) is 16.1 Å². The number of hydrogen-bond acceptors (Lipinski definition) is 5. The summed E-state index contributed by atoms with van der Waals surface area (Å²) in [6.07, 6.45) is 0. The molecule has 0 saturated carbocycles. The Bertz CT molecular complexity index is 876. The fourth-order valence-electron chi connectivity index (χ4n) is 2.49. The van der Waals surface area contributed by atoms with Crippen molar-refractivity contribution in [2.24, 2.45) is 5.92 Å². The van der Waals surface area contributed by atoms with Gasteiger partial charge in [0.25, 0.3) is 5.91 Å². The molecule has 2 aromatic rings. The van der Waals surface area contributed by atoms with Crippen LogP contribution in [0.5, 0.6) is 0 Å². The second kappa shape index (κ2) is 7.65. The molecule has 8 heteroatoms. The maximum atomic E-state index is 12.7. The van der Waals surface area contributed by atoms with E-state index in [0.29, 0.717) is 22.5 Å². The van der Waals surface area contributed by atoms with Crippen LogP contribution in [0.15, 0.2) is 23.0 Å². The number of fused-ring (bicyclic) bond motifs is 1. The molecule has 0 radical (unpaired) electrons. The number of carbonyl (C=O) groups is 2. The number of halogens is 1. The van der Waals surface area contributed by atoms with Crippen molar-refractivity contribution in [1.82, 2.24) is 15.1 Å². The Morgan fingerprint density at radius 1 is 1.36 bits per heavy atom. The first kappa shape index (κ1) is 18.9. The number of nitrogens with zero attached hydrogens (tertiary/aromatic N) is 2. The molecule has 0 aliphatic heterocycles. The summed E-state index contributed by atoms with van der Waals surface area (Å²) in [6, 6.07) is 3.97. The van der Waals surface area contributed by atoms with Gasteiger partial charge in [-0.05, 0) is 31.0 Å². The molecule has 0 saturated heterocycles. The molecule has 1 aromatic carbocycles. The Morgan fingerprint density at radius 3 is 2.60 bits per heavy atom. The van der Waals surface area contributed by atoms with E-state index >= 15 is 0 Å². The summed E-state index contributed by atoms with van der Waals surface area (Å²) >= 11 is 5.97. The van der Waals surface area contributed by atoms with Gasteiger partial charge in [-0.15, -0.1) is 0 Å². The number of amides is 1. The lowest BCUT2D eigenvalue weighted by molar-refractivity contribution is -0.144. The van der Waals surface area contributed by atoms with Gasteiger partial charge in [0.1, 0.15) is 6.04 Å². The molecular formula is C17H20ClN3O4. The second-order valence-electron chi connectivity index (χ2n) is 5.87. The van der Waals surface area contributed by atoms with E-state index < -0.39 is 23.3 Å². The van der Waals surface area contributed by atoms with Gasteiger partial charge in [0.2, 0.25) is 5.43 Å². The maximum absolute atomic E-state index is 12.7. The van der Waals surface area contributed by atoms with Crippen LogP contribution in [0.1, 0.15) is 31.3 Å². The number of methoxy groups -OCH3 is 1. The van der Waals surface area contributed by atoms with Crippen molar-refractivity contribution < 1.29 is 14.3 Å². The van der Waals surface area contributed by atoms with Crippen LogP contribution in [0, 0.1) is 5.92 Å². The molecule has 2 rings (SSSR count). The zero-order valence-corrected chi connectivity index (χ0v) is 15.3. The van der Waals surface area contributed by atoms with Crippen molar-refractivity contribution in [3.05, 3.63) is 39.1 Å². The fourth-order valence-corrected chi connectivity index (χ4v) is 2.66. The number of esters is 1. The summed E-state index contributed by atoms with van der Waals surface area (Å²) in [7, 11) is 1.24. The largest absolute Gasteiger partial charge is 0.467 e. The lowest BCUT2D eigenvalue weighted by Crippen LogP contribution is -2.46. The summed E-state index contributed by atoms with van der Waals surface area (Å²) in [5, 5.41) is 7.36. The standard InChI is InChI=1S/C17H20ClN3O4/c1-5-21-12-7-6-10(18)8-11(12)15(22)14(20-21)16(23)19-13(9(2)3)17(24)25-4/h6-9,13H,5H2,1-4H3,(H,19,23). The van der Waals surface area contributed by atoms with Crippen molar-refractivity contribution in [1.29, 1.82) is 0 Å². The van der Waals surface area contributed by atoms with Gasteiger partial charge < -0.3 is 10.1 Å². The van der Waals surface area contributed by atoms with Crippen LogP contribution in [0.2, 0.25) is 5.02 Å². The third-order valence-electron chi connectivity index (χ3n) is 3.84. The summed E-state index contributed by atoms with van der Waals surface area (Å²) in [4.78, 5) is 37.1. The van der Waals surface area contributed by atoms with Crippen molar-refractivity contribution >= 4 is 34.4 Å². The Hall–Kier alpha value is -2.41. The van der Waals surface area contributed by atoms with E-state index in [1.54, 1.807) is 30.7 Å². The van der Waals surface area contributed by atoms with Crippen LogP contribution < -0.4 is 10.7 Å². The van der Waals surface area contributed by atoms with Gasteiger partial charge in [-0.2, -0.15) is 5.10 Å². The monoisotopic (exact) mass is 365 g/mol. The third-order valence-corrected chi connectivity index (χ3v) is 4.08. The van der Waals surface area contributed by atoms with E-state index in [9.17, 15) is 14.4 Å². The number of carbonyl (C=O) groups excluding carboxylic acids is 2. The fraction of sp³-hybridized carbons (Fsp3) is 0.412. The van der Waals surface area contributed by atoms with E-state index in [4.69, 9.17) is 16.3 Å². The number of rotatable bonds is 5. The van der Waals surface area contributed by atoms with Gasteiger partial charge in [0.05, 0.1) is 18.0 Å². The molecule has 0 aliphatic rings. The van der Waals surface area contributed by atoms with Crippen molar-refractivity contribution in [2.75, 3.05) is 7.11 Å². The van der Waals surface area contributed by atoms with Gasteiger partial charge in [0, 0.05) is 11.6 Å². The van der Waals surface area contributed by atoms with Crippen molar-refractivity contribution in [2.45, 2.75) is 33.4 Å². The van der Waals surface area contributed by atoms with E-state index in [-0.39, 0.29) is 11.6 Å². The molecule has 0 fully saturated rings. The first-order chi connectivity index (χ1) is 11.8. The minimum absolute atomic E-state index is 0.209. The molecule has 1 unspecified atom stereocenters. The Morgan fingerprint density at radius 2 is 2.04 bits per heavy atom. The first-order valence-corrected chi connectivity index (χ1v) is 8.27. The number of aromatic nitrogens is 2. The van der Waals surface area contributed by atoms with Gasteiger partial charge in [0.15, 0.2) is 5.69 Å². The van der Waals surface area contributed by atoms with Crippen LogP contribution in [-0.4, -0.2) is 34.8 Å². The van der Waals surface area contributed by atoms with Gasteiger partial charge in [-0.1, -0.05) is 25.4 Å². The first-order valence-electron chi connectivity index (χ1n) is 7.89. The highest BCUT2D eigenvalue weighted by Gasteiger charge is 2.27. The number of hydrogen-bond donors (Lipinski definition) is 1. The topological polar surface area (TPSA) is 90.3 Å². The number of nitrogens with one attached hydrogen (secondary N) is 1. The smallest absolute Gasteiger partial charge is 0.328 e. The number of ether oxygens (including phenoxy) is 1. The molecule has 134 valence electrons. The molecule has 25 heavy (non-hydrogen) atoms. The van der Waals surface area contributed by atoms with E-state index in [1.807, 2.05) is 6.92 Å². The molecule has 0 spiro atoms. The summed E-state index contributed by atoms with van der Waals surface area (Å²) in [5.41, 5.74) is -0.236. The van der Waals surface area contributed by atoms with Crippen molar-refractivity contribution in [3.63, 3.8) is 0 Å². The molecule has 1 atom stereocenters. The average molecular weight is 366 g/mol. The molecule has 0 bridgehead atoms. The van der Waals surface area contributed by atoms with Crippen LogP contribution in [0.3, 0.4) is 0 Å². The van der Waals surface area contributed by atoms with E-state index in [2.05, 4.69) is 10.4 Å². The third kappa shape index (κ3) is 3.82. The highest BCUT2D eigenvalue weighted by Crippen LogP contribution is 2.16. The minimum Gasteiger partial charge on any atom is -0.467 e. The zero-order valence-electron chi connectivity index (χ0n) is 14.5. The van der Waals surface area contributed by atoms with Crippen molar-refractivity contribution in [3.8, 4) is 0 Å². The zero-order chi connectivity index (χ0) is 18.7. The molecule has 1 heterocycles. The highest BCUT2D eigenvalue weighted by molar-refractivity contribution is 6.31. The lowest BCUT2D eigenvalue weighted by atomic mass is 10.0. The highest BCUT2D eigenvalue weighted by atomic mass is 35.5.